The van der Waals surface area contributed by atoms with Gasteiger partial charge in [-0.25, -0.2) is 4.63 Å². The highest BCUT2D eigenvalue weighted by molar-refractivity contribution is 5.90. The third-order valence-corrected chi connectivity index (χ3v) is 3.42. The van der Waals surface area contributed by atoms with E-state index in [0.717, 1.165) is 16.9 Å². The molecule has 21 heavy (non-hydrogen) atoms. The summed E-state index contributed by atoms with van der Waals surface area (Å²) in [5, 5.41) is 7.69. The summed E-state index contributed by atoms with van der Waals surface area (Å²) in [6.07, 6.45) is 0. The zero-order valence-electron chi connectivity index (χ0n) is 12.3. The van der Waals surface area contributed by atoms with E-state index in [4.69, 9.17) is 15.1 Å². The van der Waals surface area contributed by atoms with Gasteiger partial charge in [0.15, 0.2) is 16.8 Å². The number of hydrogen-bond donors (Lipinski definition) is 1. The fourth-order valence-electron chi connectivity index (χ4n) is 2.27. The summed E-state index contributed by atoms with van der Waals surface area (Å²) in [4.78, 5) is 0. The van der Waals surface area contributed by atoms with E-state index in [1.54, 1.807) is 12.1 Å². The van der Waals surface area contributed by atoms with Crippen LogP contribution >= 0.6 is 0 Å². The van der Waals surface area contributed by atoms with Crippen molar-refractivity contribution in [3.05, 3.63) is 41.5 Å². The Balaban J connectivity index is 2.09. The molecule has 3 aromatic rings. The van der Waals surface area contributed by atoms with Gasteiger partial charge >= 0.3 is 0 Å². The summed E-state index contributed by atoms with van der Waals surface area (Å²) in [6, 6.07) is 9.72. The number of fused-ring (bicyclic) bond motifs is 1. The van der Waals surface area contributed by atoms with Gasteiger partial charge in [-0.05, 0) is 52.5 Å². The summed E-state index contributed by atoms with van der Waals surface area (Å²) in [6.45, 7) is 6.30. The van der Waals surface area contributed by atoms with E-state index in [1.165, 1.54) is 0 Å². The third-order valence-electron chi connectivity index (χ3n) is 3.42. The van der Waals surface area contributed by atoms with Gasteiger partial charge in [0.25, 0.3) is 0 Å². The van der Waals surface area contributed by atoms with E-state index in [0.29, 0.717) is 28.4 Å². The minimum atomic E-state index is 0.361. The van der Waals surface area contributed by atoms with Crippen LogP contribution in [-0.4, -0.2) is 10.3 Å². The molecular weight excluding hydrogens is 266 g/mol. The van der Waals surface area contributed by atoms with E-state index in [1.807, 2.05) is 13.0 Å². The fourth-order valence-corrected chi connectivity index (χ4v) is 2.27. The van der Waals surface area contributed by atoms with Gasteiger partial charge in [-0.3, -0.25) is 0 Å². The van der Waals surface area contributed by atoms with Crippen molar-refractivity contribution in [2.24, 2.45) is 0 Å². The zero-order valence-corrected chi connectivity index (χ0v) is 12.3. The molecule has 0 saturated heterocycles. The first-order valence-corrected chi connectivity index (χ1v) is 6.85. The standard InChI is InChI=1S/C16H17N3O2/c1-9(2)11-5-4-10(3)8-14(11)20-13-7-6-12(17)15-16(13)19-21-18-15/h4-9H,17H2,1-3H3. The molecule has 5 heteroatoms. The van der Waals surface area contributed by atoms with Crippen molar-refractivity contribution in [1.29, 1.82) is 0 Å². The maximum Gasteiger partial charge on any atom is 0.179 e. The molecule has 1 heterocycles. The number of nitrogens with zero attached hydrogens (tertiary/aromatic N) is 2. The van der Waals surface area contributed by atoms with E-state index in [9.17, 15) is 0 Å². The van der Waals surface area contributed by atoms with Crippen molar-refractivity contribution in [3.63, 3.8) is 0 Å². The van der Waals surface area contributed by atoms with Crippen LogP contribution in [0.2, 0.25) is 0 Å². The lowest BCUT2D eigenvalue weighted by atomic mass is 10.0. The Morgan fingerprint density at radius 1 is 1.05 bits per heavy atom. The first-order valence-electron chi connectivity index (χ1n) is 6.85. The summed E-state index contributed by atoms with van der Waals surface area (Å²) in [5.41, 5.74) is 9.70. The van der Waals surface area contributed by atoms with Crippen LogP contribution in [0.15, 0.2) is 35.0 Å². The molecule has 0 unspecified atom stereocenters. The maximum atomic E-state index is 6.06. The van der Waals surface area contributed by atoms with E-state index in [2.05, 4.69) is 36.3 Å². The highest BCUT2D eigenvalue weighted by Crippen LogP contribution is 2.35. The first kappa shape index (κ1) is 13.4. The van der Waals surface area contributed by atoms with Crippen LogP contribution in [0.25, 0.3) is 11.0 Å². The van der Waals surface area contributed by atoms with Crippen molar-refractivity contribution in [2.45, 2.75) is 26.7 Å². The number of hydrogen-bond acceptors (Lipinski definition) is 5. The summed E-state index contributed by atoms with van der Waals surface area (Å²) < 4.78 is 10.8. The van der Waals surface area contributed by atoms with Crippen molar-refractivity contribution in [3.8, 4) is 11.5 Å². The Morgan fingerprint density at radius 2 is 1.81 bits per heavy atom. The fraction of sp³-hybridized carbons (Fsp3) is 0.250. The molecule has 2 N–H and O–H groups in total. The summed E-state index contributed by atoms with van der Waals surface area (Å²) in [5.74, 6) is 1.77. The van der Waals surface area contributed by atoms with Crippen molar-refractivity contribution in [1.82, 2.24) is 10.3 Å². The normalized spacial score (nSPS) is 11.2. The van der Waals surface area contributed by atoms with Gasteiger partial charge in [0.1, 0.15) is 5.75 Å². The molecule has 0 atom stereocenters. The predicted octanol–water partition coefficient (Wildman–Crippen LogP) is 4.03. The van der Waals surface area contributed by atoms with Crippen LogP contribution in [0.4, 0.5) is 5.69 Å². The number of ether oxygens (including phenoxy) is 1. The molecule has 0 radical (unpaired) electrons. The molecule has 2 aromatic carbocycles. The van der Waals surface area contributed by atoms with Crippen LogP contribution in [0.1, 0.15) is 30.9 Å². The average Bonchev–Trinajstić information content (AvgIpc) is 2.92. The summed E-state index contributed by atoms with van der Waals surface area (Å²) >= 11 is 0. The molecule has 108 valence electrons. The van der Waals surface area contributed by atoms with E-state index >= 15 is 0 Å². The van der Waals surface area contributed by atoms with E-state index in [-0.39, 0.29) is 0 Å². The quantitative estimate of drug-likeness (QED) is 0.734. The minimum Gasteiger partial charge on any atom is -0.455 e. The number of aromatic nitrogens is 2. The van der Waals surface area contributed by atoms with Crippen molar-refractivity contribution < 1.29 is 9.37 Å². The number of benzene rings is 2. The van der Waals surface area contributed by atoms with Gasteiger partial charge in [0.05, 0.1) is 5.69 Å². The van der Waals surface area contributed by atoms with Gasteiger partial charge in [-0.15, -0.1) is 0 Å². The Bertz CT molecular complexity index is 793. The molecule has 0 aliphatic rings. The topological polar surface area (TPSA) is 74.2 Å². The third kappa shape index (κ3) is 2.42. The molecule has 0 bridgehead atoms. The van der Waals surface area contributed by atoms with Crippen LogP contribution in [-0.2, 0) is 0 Å². The summed E-state index contributed by atoms with van der Waals surface area (Å²) in [7, 11) is 0. The van der Waals surface area contributed by atoms with E-state index < -0.39 is 0 Å². The van der Waals surface area contributed by atoms with Gasteiger partial charge in [0, 0.05) is 0 Å². The first-order chi connectivity index (χ1) is 10.1. The van der Waals surface area contributed by atoms with Crippen LogP contribution in [0.3, 0.4) is 0 Å². The minimum absolute atomic E-state index is 0.361. The number of anilines is 1. The predicted molar refractivity (Wildman–Crippen MR) is 81.6 cm³/mol. The SMILES string of the molecule is Cc1ccc(C(C)C)c(Oc2ccc(N)c3nonc23)c1. The highest BCUT2D eigenvalue weighted by Gasteiger charge is 2.14. The van der Waals surface area contributed by atoms with Gasteiger partial charge in [0.2, 0.25) is 0 Å². The number of nitrogen functional groups attached to an aromatic ring is 1. The van der Waals surface area contributed by atoms with Crippen LogP contribution < -0.4 is 10.5 Å². The van der Waals surface area contributed by atoms with Gasteiger partial charge in [-0.2, -0.15) is 0 Å². The molecule has 1 aromatic heterocycles. The molecular formula is C16H17N3O2. The molecule has 0 aliphatic heterocycles. The molecule has 0 aliphatic carbocycles. The highest BCUT2D eigenvalue weighted by atomic mass is 16.6. The molecule has 0 spiro atoms. The number of rotatable bonds is 3. The second-order valence-electron chi connectivity index (χ2n) is 5.41. The van der Waals surface area contributed by atoms with Crippen molar-refractivity contribution >= 4 is 16.7 Å². The smallest absolute Gasteiger partial charge is 0.179 e. The maximum absolute atomic E-state index is 6.06. The lowest BCUT2D eigenvalue weighted by molar-refractivity contribution is 0.314. The molecule has 3 rings (SSSR count). The molecule has 5 nitrogen and oxygen atoms in total. The largest absolute Gasteiger partial charge is 0.455 e. The molecule has 0 fully saturated rings. The lowest BCUT2D eigenvalue weighted by Gasteiger charge is -2.14. The molecule has 0 saturated carbocycles. The van der Waals surface area contributed by atoms with Gasteiger partial charge < -0.3 is 10.5 Å². The average molecular weight is 283 g/mol. The monoisotopic (exact) mass is 283 g/mol. The number of nitrogens with two attached hydrogens (primary N) is 1. The Hall–Kier alpha value is -2.56. The molecule has 0 amide bonds. The zero-order chi connectivity index (χ0) is 15.0. The lowest BCUT2D eigenvalue weighted by Crippen LogP contribution is -1.96. The Labute approximate surface area is 122 Å². The Morgan fingerprint density at radius 3 is 2.57 bits per heavy atom. The van der Waals surface area contributed by atoms with Gasteiger partial charge in [-0.1, -0.05) is 26.0 Å². The van der Waals surface area contributed by atoms with Crippen LogP contribution in [0, 0.1) is 6.92 Å². The Kier molecular flexibility index (Phi) is 3.25. The number of aryl methyl sites for hydroxylation is 1. The second-order valence-corrected chi connectivity index (χ2v) is 5.41. The second kappa shape index (κ2) is 5.09. The van der Waals surface area contributed by atoms with Crippen molar-refractivity contribution in [2.75, 3.05) is 5.73 Å². The van der Waals surface area contributed by atoms with Crippen LogP contribution in [0.5, 0.6) is 11.5 Å².